The Labute approximate surface area is 70.5 Å². The van der Waals surface area contributed by atoms with Crippen molar-refractivity contribution in [3.63, 3.8) is 0 Å². The largest absolute Gasteiger partial charge is 0.400 e. The normalized spacial score (nSPS) is 13.9. The zero-order valence-electron chi connectivity index (χ0n) is 7.79. The minimum absolute atomic E-state index is 0.298. The van der Waals surface area contributed by atoms with E-state index in [1.54, 1.807) is 21.3 Å². The van der Waals surface area contributed by atoms with E-state index < -0.39 is 9.28 Å². The van der Waals surface area contributed by atoms with Gasteiger partial charge in [-0.3, -0.25) is 0 Å². The van der Waals surface area contributed by atoms with Gasteiger partial charge in [-0.25, -0.2) is 0 Å². The smallest absolute Gasteiger partial charge is 0.323 e. The van der Waals surface area contributed by atoms with Crippen molar-refractivity contribution >= 4 is 9.28 Å². The second kappa shape index (κ2) is 6.79. The van der Waals surface area contributed by atoms with E-state index in [9.17, 15) is 0 Å². The van der Waals surface area contributed by atoms with Gasteiger partial charge in [-0.15, -0.1) is 0 Å². The molecule has 0 amide bonds. The molecule has 0 fully saturated rings. The zero-order chi connectivity index (χ0) is 8.69. The quantitative estimate of drug-likeness (QED) is 0.566. The van der Waals surface area contributed by atoms with Gasteiger partial charge in [-0.1, -0.05) is 6.92 Å². The Kier molecular flexibility index (Phi) is 6.85. The Bertz CT molecular complexity index is 71.8. The van der Waals surface area contributed by atoms with E-state index in [-0.39, 0.29) is 0 Å². The summed E-state index contributed by atoms with van der Waals surface area (Å²) in [5.74, 6) is 0. The molecule has 4 heteroatoms. The van der Waals surface area contributed by atoms with Gasteiger partial charge in [0.2, 0.25) is 0 Å². The summed E-state index contributed by atoms with van der Waals surface area (Å²) in [6.45, 7) is 2.10. The molecule has 1 unspecified atom stereocenters. The molecule has 0 rings (SSSR count). The van der Waals surface area contributed by atoms with Crippen LogP contribution in [-0.4, -0.2) is 36.7 Å². The lowest BCUT2D eigenvalue weighted by Gasteiger charge is -2.17. The fourth-order valence-electron chi connectivity index (χ4n) is 0.933. The Morgan fingerprint density at radius 3 is 2.00 bits per heavy atom. The van der Waals surface area contributed by atoms with Gasteiger partial charge < -0.3 is 13.6 Å². The van der Waals surface area contributed by atoms with E-state index in [1.807, 2.05) is 0 Å². The third-order valence-corrected chi connectivity index (χ3v) is 3.73. The molecule has 0 aliphatic carbocycles. The topological polar surface area (TPSA) is 27.7 Å². The third kappa shape index (κ3) is 4.52. The van der Waals surface area contributed by atoms with E-state index in [4.69, 9.17) is 13.6 Å². The van der Waals surface area contributed by atoms with E-state index >= 15 is 0 Å². The maximum Gasteiger partial charge on any atom is 0.323 e. The van der Waals surface area contributed by atoms with Gasteiger partial charge in [0.05, 0.1) is 6.10 Å². The molecule has 68 valence electrons. The molecule has 3 nitrogen and oxygen atoms in total. The average Bonchev–Trinajstić information content (AvgIpc) is 2.07. The highest BCUT2D eigenvalue weighted by molar-refractivity contribution is 6.44. The van der Waals surface area contributed by atoms with Crippen LogP contribution < -0.4 is 0 Å². The molecule has 0 radical (unpaired) electrons. The van der Waals surface area contributed by atoms with E-state index in [0.717, 1.165) is 12.5 Å². The summed E-state index contributed by atoms with van der Waals surface area (Å²) >= 11 is 0. The second-order valence-electron chi connectivity index (χ2n) is 2.40. The Hall–Kier alpha value is 0.0969. The number of hydrogen-bond donors (Lipinski definition) is 0. The highest BCUT2D eigenvalue weighted by atomic mass is 28.3. The number of hydrogen-bond acceptors (Lipinski definition) is 3. The van der Waals surface area contributed by atoms with Crippen molar-refractivity contribution in [2.24, 2.45) is 0 Å². The van der Waals surface area contributed by atoms with Gasteiger partial charge in [-0.05, 0) is 6.42 Å². The molecule has 1 atom stereocenters. The van der Waals surface area contributed by atoms with Crippen molar-refractivity contribution in [2.75, 3.05) is 21.3 Å². The minimum atomic E-state index is -1.41. The molecule has 0 saturated carbocycles. The zero-order valence-corrected chi connectivity index (χ0v) is 8.95. The molecule has 0 N–H and O–H groups in total. The third-order valence-electron chi connectivity index (χ3n) is 1.77. The van der Waals surface area contributed by atoms with Crippen LogP contribution in [0.2, 0.25) is 6.04 Å². The second-order valence-corrected chi connectivity index (χ2v) is 4.68. The van der Waals surface area contributed by atoms with Crippen molar-refractivity contribution in [1.29, 1.82) is 0 Å². The molecule has 0 spiro atoms. The van der Waals surface area contributed by atoms with Gasteiger partial charge in [-0.2, -0.15) is 0 Å². The first-order valence-corrected chi connectivity index (χ1v) is 5.62. The summed E-state index contributed by atoms with van der Waals surface area (Å²) in [5, 5.41) is 0. The van der Waals surface area contributed by atoms with Crippen LogP contribution in [-0.2, 0) is 13.6 Å². The van der Waals surface area contributed by atoms with Crippen LogP contribution in [0.1, 0.15) is 13.3 Å². The molecule has 0 aliphatic rings. The molecule has 0 aromatic carbocycles. The maximum atomic E-state index is 5.21. The summed E-state index contributed by atoms with van der Waals surface area (Å²) in [7, 11) is 3.71. The molecule has 0 aromatic rings. The van der Waals surface area contributed by atoms with Crippen LogP contribution in [0, 0.1) is 0 Å². The molecule has 0 aromatic heterocycles. The Morgan fingerprint density at radius 2 is 1.73 bits per heavy atom. The van der Waals surface area contributed by atoms with Crippen molar-refractivity contribution in [1.82, 2.24) is 0 Å². The molecule has 0 heterocycles. The van der Waals surface area contributed by atoms with Crippen LogP contribution in [0.15, 0.2) is 0 Å². The van der Waals surface area contributed by atoms with Crippen LogP contribution in [0.3, 0.4) is 0 Å². The highest BCUT2D eigenvalue weighted by Crippen LogP contribution is 2.07. The lowest BCUT2D eigenvalue weighted by Crippen LogP contribution is -2.26. The summed E-state index contributed by atoms with van der Waals surface area (Å²) < 4.78 is 15.5. The molecule has 0 aliphatic heterocycles. The number of ether oxygens (including phenoxy) is 1. The van der Waals surface area contributed by atoms with Crippen molar-refractivity contribution < 1.29 is 13.6 Å². The molecular formula is C7H18O3Si. The van der Waals surface area contributed by atoms with Crippen LogP contribution >= 0.6 is 0 Å². The maximum absolute atomic E-state index is 5.21. The van der Waals surface area contributed by atoms with E-state index in [0.29, 0.717) is 6.10 Å². The van der Waals surface area contributed by atoms with E-state index in [1.165, 1.54) is 0 Å². The predicted octanol–water partition coefficient (Wildman–Crippen LogP) is 0.925. The molecule has 0 bridgehead atoms. The van der Waals surface area contributed by atoms with Gasteiger partial charge in [0.25, 0.3) is 0 Å². The minimum Gasteiger partial charge on any atom is -0.400 e. The SMILES string of the molecule is CCC(C[SiH](OC)OC)OC. The van der Waals surface area contributed by atoms with Gasteiger partial charge in [0.1, 0.15) is 0 Å². The van der Waals surface area contributed by atoms with E-state index in [2.05, 4.69) is 6.92 Å². The summed E-state index contributed by atoms with van der Waals surface area (Å²) in [6.07, 6.45) is 1.32. The standard InChI is InChI=1S/C7H18O3Si/c1-5-7(8-2)6-11(9-3)10-4/h7,11H,5-6H2,1-4H3. The first kappa shape index (κ1) is 11.1. The van der Waals surface area contributed by atoms with Crippen molar-refractivity contribution in [2.45, 2.75) is 25.5 Å². The van der Waals surface area contributed by atoms with Crippen LogP contribution in [0.5, 0.6) is 0 Å². The summed E-state index contributed by atoms with van der Waals surface area (Å²) in [5.41, 5.74) is 0. The monoisotopic (exact) mass is 178 g/mol. The fraction of sp³-hybridized carbons (Fsp3) is 1.00. The fourth-order valence-corrected chi connectivity index (χ4v) is 2.47. The van der Waals surface area contributed by atoms with Gasteiger partial charge in [0.15, 0.2) is 0 Å². The molecular weight excluding hydrogens is 160 g/mol. The molecule has 0 saturated heterocycles. The average molecular weight is 178 g/mol. The lowest BCUT2D eigenvalue weighted by atomic mass is 10.3. The highest BCUT2D eigenvalue weighted by Gasteiger charge is 2.15. The lowest BCUT2D eigenvalue weighted by molar-refractivity contribution is 0.105. The first-order valence-electron chi connectivity index (χ1n) is 3.86. The number of methoxy groups -OCH3 is 1. The summed E-state index contributed by atoms with van der Waals surface area (Å²) in [6, 6.07) is 0.931. The first-order chi connectivity index (χ1) is 5.28. The Morgan fingerprint density at radius 1 is 1.18 bits per heavy atom. The number of rotatable bonds is 6. The van der Waals surface area contributed by atoms with Crippen molar-refractivity contribution in [3.05, 3.63) is 0 Å². The van der Waals surface area contributed by atoms with Crippen molar-refractivity contribution in [3.8, 4) is 0 Å². The van der Waals surface area contributed by atoms with Gasteiger partial charge in [0, 0.05) is 27.4 Å². The predicted molar refractivity (Wildman–Crippen MR) is 47.1 cm³/mol. The Balaban J connectivity index is 3.58. The van der Waals surface area contributed by atoms with Crippen LogP contribution in [0.25, 0.3) is 0 Å². The summed E-state index contributed by atoms with van der Waals surface area (Å²) in [4.78, 5) is 0. The van der Waals surface area contributed by atoms with Crippen LogP contribution in [0.4, 0.5) is 0 Å². The molecule has 11 heavy (non-hydrogen) atoms. The van der Waals surface area contributed by atoms with Gasteiger partial charge >= 0.3 is 9.28 Å².